The maximum absolute atomic E-state index is 3.84. The van der Waals surface area contributed by atoms with Gasteiger partial charge >= 0.3 is 0 Å². The van der Waals surface area contributed by atoms with Crippen LogP contribution in [0.1, 0.15) is 0 Å². The Labute approximate surface area is 87.9 Å². The fourth-order valence-corrected chi connectivity index (χ4v) is 0. The first-order chi connectivity index (χ1) is 1.91. The molecule has 36 valence electrons. The van der Waals surface area contributed by atoms with Crippen LogP contribution in [0.3, 0.4) is 0 Å². The van der Waals surface area contributed by atoms with Crippen molar-refractivity contribution in [3.8, 4) is 0 Å². The van der Waals surface area contributed by atoms with E-state index in [1.807, 2.05) is 0 Å². The predicted octanol–water partition coefficient (Wildman–Crippen LogP) is 0.0844. The Hall–Kier alpha value is 2.47. The molecule has 0 aliphatic rings. The van der Waals surface area contributed by atoms with Crippen molar-refractivity contribution in [1.29, 1.82) is 0 Å². The molecule has 0 aliphatic heterocycles. The molecule has 0 aliphatic carbocycles. The monoisotopic (exact) mass is 512 g/mol. The normalized spacial score (nSPS) is 5.00. The van der Waals surface area contributed by atoms with E-state index in [0.29, 0.717) is 0 Å². The van der Waals surface area contributed by atoms with Gasteiger partial charge in [0.1, 0.15) is 0 Å². The van der Waals surface area contributed by atoms with Crippen LogP contribution in [-0.2, 0) is 0 Å². The van der Waals surface area contributed by atoms with Crippen LogP contribution in [0.5, 0.6) is 0 Å². The zero-order valence-electron chi connectivity index (χ0n) is 3.20. The second-order valence-corrected chi connectivity index (χ2v) is 1.34. The topological polar surface area (TPSA) is 0 Å². The van der Waals surface area contributed by atoms with Crippen molar-refractivity contribution in [2.24, 2.45) is 0 Å². The van der Waals surface area contributed by atoms with Gasteiger partial charge in [-0.15, -0.1) is 0 Å². The molecule has 0 aromatic carbocycles. The Morgan fingerprint density at radius 1 is 0.833 bits per heavy atom. The Balaban J connectivity index is -0.0000000450. The Kier molecular flexibility index (Phi) is 41.2. The van der Waals surface area contributed by atoms with E-state index in [1.165, 1.54) is 0 Å². The molecule has 0 bridgehead atoms. The summed E-state index contributed by atoms with van der Waals surface area (Å²) in [6.07, 6.45) is 0. The minimum absolute atomic E-state index is 0. The van der Waals surface area contributed by atoms with Gasteiger partial charge in [0.15, 0.2) is 0 Å². The second kappa shape index (κ2) is 15.7. The summed E-state index contributed by atoms with van der Waals surface area (Å²) in [6, 6.07) is 0. The summed E-state index contributed by atoms with van der Waals surface area (Å²) in [5.74, 6) is 1.76. The van der Waals surface area contributed by atoms with Crippen LogP contribution in [0.15, 0.2) is 0 Å². The molecule has 0 atom stereocenters. The molecular weight excluding hydrogens is 506 g/mol. The first-order valence-electron chi connectivity index (χ1n) is 1.13. The number of hydrogen-bond donors (Lipinski definition) is 2. The first kappa shape index (κ1) is 15.8. The van der Waals surface area contributed by atoms with E-state index in [-0.39, 0.29) is 52.4 Å². The van der Waals surface area contributed by atoms with Gasteiger partial charge < -0.3 is 0 Å². The third-order valence-corrected chi connectivity index (χ3v) is 0.900. The Bertz CT molecular complexity index is 11.5. The van der Waals surface area contributed by atoms with E-state index in [0.717, 1.165) is 11.5 Å². The summed E-state index contributed by atoms with van der Waals surface area (Å²) in [4.78, 5) is 0. The summed E-state index contributed by atoms with van der Waals surface area (Å²) in [5.41, 5.74) is 0. The fraction of sp³-hybridized carbons (Fsp3) is 1.00. The third-order valence-electron chi connectivity index (χ3n) is 0.1000. The molecule has 0 amide bonds. The molecule has 0 rings (SSSR count). The molecule has 4 heteroatoms. The molecule has 0 heterocycles. The zero-order valence-corrected chi connectivity index (χ0v) is 11.9. The van der Waals surface area contributed by atoms with Crippen LogP contribution in [0, 0.1) is 0 Å². The Morgan fingerprint density at radius 2 is 1.00 bits per heavy atom. The van der Waals surface area contributed by atoms with Gasteiger partial charge in [0, 0.05) is 52.4 Å². The van der Waals surface area contributed by atoms with Gasteiger partial charge in [-0.3, -0.25) is 0 Å². The first-order valence-corrected chi connectivity index (χ1v) is 2.40. The number of rotatable bonds is 1. The van der Waals surface area contributed by atoms with Gasteiger partial charge in [-0.2, -0.15) is 25.3 Å². The second-order valence-electron chi connectivity index (χ2n) is 0.447. The molecule has 0 aromatic rings. The van der Waals surface area contributed by atoms with Crippen molar-refractivity contribution in [1.82, 2.24) is 0 Å². The van der Waals surface area contributed by atoms with Crippen LogP contribution < -0.4 is 0 Å². The zero-order chi connectivity index (χ0) is 3.41. The molecule has 0 fully saturated rings. The van der Waals surface area contributed by atoms with Crippen molar-refractivity contribution in [2.45, 2.75) is 0 Å². The van der Waals surface area contributed by atoms with Crippen molar-refractivity contribution in [2.75, 3.05) is 11.5 Å². The van der Waals surface area contributed by atoms with Crippen molar-refractivity contribution in [3.05, 3.63) is 0 Å². The third kappa shape index (κ3) is 16.1. The minimum Gasteiger partial charge on any atom is -0.179 e. The van der Waals surface area contributed by atoms with E-state index < -0.39 is 0 Å². The van der Waals surface area contributed by atoms with Gasteiger partial charge in [-0.1, -0.05) is 0 Å². The van der Waals surface area contributed by atoms with Crippen LogP contribution in [0.2, 0.25) is 0 Å². The smallest absolute Gasteiger partial charge is 0 e. The van der Waals surface area contributed by atoms with Gasteiger partial charge in [-0.25, -0.2) is 0 Å². The van der Waals surface area contributed by atoms with Crippen LogP contribution >= 0.6 is 25.3 Å². The average Bonchev–Trinajstić information content (AvgIpc) is 1.37. The van der Waals surface area contributed by atoms with E-state index in [2.05, 4.69) is 25.3 Å². The molecule has 6 radical (unpaired) electrons. The fourth-order valence-electron chi connectivity index (χ4n) is 0. The SMILES string of the molecule is SCCS.[Bi].[Bi]. The van der Waals surface area contributed by atoms with Gasteiger partial charge in [-0.05, 0) is 11.5 Å². The summed E-state index contributed by atoms with van der Waals surface area (Å²) in [5, 5.41) is 0. The molecule has 6 heavy (non-hydrogen) atoms. The molecule has 0 aromatic heterocycles. The maximum Gasteiger partial charge on any atom is 0 e. The largest absolute Gasteiger partial charge is 0.179 e. The quantitative estimate of drug-likeness (QED) is 0.362. The van der Waals surface area contributed by atoms with Crippen molar-refractivity contribution in [3.63, 3.8) is 0 Å². The van der Waals surface area contributed by atoms with Crippen molar-refractivity contribution >= 4 is 77.7 Å². The molecule has 0 unspecified atom stereocenters. The number of hydrogen-bond acceptors (Lipinski definition) is 2. The molecule has 0 spiro atoms. The van der Waals surface area contributed by atoms with Crippen LogP contribution in [0.4, 0.5) is 0 Å². The standard InChI is InChI=1S/C2H6S2.2Bi/c3-1-2-4;;/h3-4H,1-2H2;;. The predicted molar refractivity (Wildman–Crippen MR) is 39.2 cm³/mol. The van der Waals surface area contributed by atoms with E-state index in [1.54, 1.807) is 0 Å². The van der Waals surface area contributed by atoms with Gasteiger partial charge in [0.05, 0.1) is 0 Å². The van der Waals surface area contributed by atoms with E-state index in [4.69, 9.17) is 0 Å². The number of thiol groups is 2. The molecule has 0 saturated carbocycles. The molecule has 0 nitrogen and oxygen atoms in total. The summed E-state index contributed by atoms with van der Waals surface area (Å²) < 4.78 is 0. The van der Waals surface area contributed by atoms with Crippen molar-refractivity contribution < 1.29 is 0 Å². The summed E-state index contributed by atoms with van der Waals surface area (Å²) in [6.45, 7) is 0. The van der Waals surface area contributed by atoms with E-state index >= 15 is 0 Å². The molecular formula is C2H6Bi2S2. The minimum atomic E-state index is 0. The molecule has 0 N–H and O–H groups in total. The van der Waals surface area contributed by atoms with E-state index in [9.17, 15) is 0 Å². The van der Waals surface area contributed by atoms with Crippen LogP contribution in [-0.4, -0.2) is 63.9 Å². The van der Waals surface area contributed by atoms with Crippen LogP contribution in [0.25, 0.3) is 0 Å². The summed E-state index contributed by atoms with van der Waals surface area (Å²) >= 11 is 7.69. The van der Waals surface area contributed by atoms with Gasteiger partial charge in [0.25, 0.3) is 0 Å². The average molecular weight is 512 g/mol. The van der Waals surface area contributed by atoms with Gasteiger partial charge in [0.2, 0.25) is 0 Å². The maximum atomic E-state index is 3.84. The molecule has 0 saturated heterocycles. The Morgan fingerprint density at radius 3 is 1.00 bits per heavy atom. The summed E-state index contributed by atoms with van der Waals surface area (Å²) in [7, 11) is 0.